The van der Waals surface area contributed by atoms with E-state index >= 15 is 0 Å². The number of carbonyl (C=O) groups is 1. The first-order valence-electron chi connectivity index (χ1n) is 11.0. The average molecular weight is 458 g/mol. The van der Waals surface area contributed by atoms with Crippen molar-refractivity contribution in [1.82, 2.24) is 4.90 Å². The SMILES string of the molecule is CCOc1c(Cl)cc(/C=C/C(=O)Nc2ccc(N3CCN(CC)CC3)c(C)c2)cc1OC. The van der Waals surface area contributed by atoms with Crippen LogP contribution in [0.5, 0.6) is 11.5 Å². The summed E-state index contributed by atoms with van der Waals surface area (Å²) in [5.41, 5.74) is 3.91. The van der Waals surface area contributed by atoms with Gasteiger partial charge in [-0.1, -0.05) is 18.5 Å². The minimum Gasteiger partial charge on any atom is -0.493 e. The number of nitrogens with zero attached hydrogens (tertiary/aromatic N) is 2. The van der Waals surface area contributed by atoms with Crippen LogP contribution in [-0.2, 0) is 4.79 Å². The van der Waals surface area contributed by atoms with Crippen molar-refractivity contribution in [3.63, 3.8) is 0 Å². The molecular weight excluding hydrogens is 426 g/mol. The molecule has 2 aromatic rings. The molecule has 1 N–H and O–H groups in total. The lowest BCUT2D eigenvalue weighted by Gasteiger charge is -2.36. The quantitative estimate of drug-likeness (QED) is 0.574. The van der Waals surface area contributed by atoms with E-state index in [1.807, 2.05) is 19.1 Å². The molecular formula is C25H32ClN3O3. The first-order chi connectivity index (χ1) is 15.4. The fourth-order valence-corrected chi connectivity index (χ4v) is 4.14. The summed E-state index contributed by atoms with van der Waals surface area (Å²) in [6, 6.07) is 9.60. The molecule has 1 heterocycles. The van der Waals surface area contributed by atoms with Crippen molar-refractivity contribution in [1.29, 1.82) is 0 Å². The lowest BCUT2D eigenvalue weighted by Crippen LogP contribution is -2.46. The van der Waals surface area contributed by atoms with Crippen LogP contribution < -0.4 is 19.7 Å². The van der Waals surface area contributed by atoms with Crippen molar-refractivity contribution in [3.05, 3.63) is 52.6 Å². The third-order valence-electron chi connectivity index (χ3n) is 5.59. The summed E-state index contributed by atoms with van der Waals surface area (Å²) in [5, 5.41) is 3.37. The molecule has 1 fully saturated rings. The van der Waals surface area contributed by atoms with E-state index in [0.29, 0.717) is 23.1 Å². The Morgan fingerprint density at radius 1 is 1.16 bits per heavy atom. The second kappa shape index (κ2) is 11.2. The highest BCUT2D eigenvalue weighted by molar-refractivity contribution is 6.32. The predicted molar refractivity (Wildman–Crippen MR) is 132 cm³/mol. The summed E-state index contributed by atoms with van der Waals surface area (Å²) in [7, 11) is 1.56. The molecule has 0 aromatic heterocycles. The number of benzene rings is 2. The van der Waals surface area contributed by atoms with Crippen LogP contribution in [0, 0.1) is 6.92 Å². The number of carbonyl (C=O) groups excluding carboxylic acids is 1. The largest absolute Gasteiger partial charge is 0.493 e. The second-order valence-corrected chi connectivity index (χ2v) is 8.12. The first-order valence-corrected chi connectivity index (χ1v) is 11.4. The van der Waals surface area contributed by atoms with E-state index in [2.05, 4.69) is 35.0 Å². The maximum Gasteiger partial charge on any atom is 0.248 e. The standard InChI is InChI=1S/C25H32ClN3O3/c1-5-28-11-13-29(14-12-28)22-9-8-20(15-18(22)3)27-24(30)10-7-19-16-21(26)25(32-6-2)23(17-19)31-4/h7-10,15-17H,5-6,11-14H2,1-4H3,(H,27,30)/b10-7+. The molecule has 0 aliphatic carbocycles. The van der Waals surface area contributed by atoms with E-state index in [0.717, 1.165) is 49.5 Å². The zero-order valence-corrected chi connectivity index (χ0v) is 20.0. The van der Waals surface area contributed by atoms with Gasteiger partial charge in [-0.15, -0.1) is 0 Å². The molecule has 1 saturated heterocycles. The van der Waals surface area contributed by atoms with Crippen molar-refractivity contribution >= 4 is 35.0 Å². The molecule has 172 valence electrons. The van der Waals surface area contributed by atoms with E-state index in [1.165, 1.54) is 11.8 Å². The van der Waals surface area contributed by atoms with Gasteiger partial charge in [0.25, 0.3) is 0 Å². The highest BCUT2D eigenvalue weighted by Crippen LogP contribution is 2.36. The molecule has 6 nitrogen and oxygen atoms in total. The maximum absolute atomic E-state index is 12.5. The summed E-state index contributed by atoms with van der Waals surface area (Å²) < 4.78 is 10.9. The fraction of sp³-hybridized carbons (Fsp3) is 0.400. The minimum absolute atomic E-state index is 0.210. The van der Waals surface area contributed by atoms with Crippen molar-refractivity contribution < 1.29 is 14.3 Å². The summed E-state index contributed by atoms with van der Waals surface area (Å²) >= 11 is 6.30. The lowest BCUT2D eigenvalue weighted by atomic mass is 10.1. The highest BCUT2D eigenvalue weighted by Gasteiger charge is 2.17. The van der Waals surface area contributed by atoms with E-state index in [-0.39, 0.29) is 5.91 Å². The number of hydrogen-bond acceptors (Lipinski definition) is 5. The number of ether oxygens (including phenoxy) is 2. The number of hydrogen-bond donors (Lipinski definition) is 1. The number of rotatable bonds is 8. The summed E-state index contributed by atoms with van der Waals surface area (Å²) in [4.78, 5) is 17.3. The molecule has 32 heavy (non-hydrogen) atoms. The van der Waals surface area contributed by atoms with Gasteiger partial charge in [-0.2, -0.15) is 0 Å². The van der Waals surface area contributed by atoms with E-state index in [9.17, 15) is 4.79 Å². The summed E-state index contributed by atoms with van der Waals surface area (Å²) in [6.07, 6.45) is 3.19. The molecule has 1 aliphatic rings. The number of nitrogens with one attached hydrogen (secondary N) is 1. The Morgan fingerprint density at radius 3 is 2.53 bits per heavy atom. The van der Waals surface area contributed by atoms with Gasteiger partial charge < -0.3 is 24.6 Å². The third-order valence-corrected chi connectivity index (χ3v) is 5.87. The number of aryl methyl sites for hydroxylation is 1. The zero-order valence-electron chi connectivity index (χ0n) is 19.3. The Kier molecular flexibility index (Phi) is 8.42. The van der Waals surface area contributed by atoms with Crippen molar-refractivity contribution in [2.24, 2.45) is 0 Å². The molecule has 0 unspecified atom stereocenters. The molecule has 3 rings (SSSR count). The Labute approximate surface area is 195 Å². The van der Waals surface area contributed by atoms with Gasteiger partial charge >= 0.3 is 0 Å². The van der Waals surface area contributed by atoms with Gasteiger partial charge in [0.1, 0.15) is 0 Å². The van der Waals surface area contributed by atoms with Crippen LogP contribution in [0.3, 0.4) is 0 Å². The lowest BCUT2D eigenvalue weighted by molar-refractivity contribution is -0.111. The Balaban J connectivity index is 1.64. The molecule has 0 saturated carbocycles. The fourth-order valence-electron chi connectivity index (χ4n) is 3.87. The van der Waals surface area contributed by atoms with Gasteiger partial charge in [0, 0.05) is 43.6 Å². The first kappa shape index (κ1) is 24.0. The predicted octanol–water partition coefficient (Wildman–Crippen LogP) is 4.85. The monoisotopic (exact) mass is 457 g/mol. The van der Waals surface area contributed by atoms with Gasteiger partial charge in [-0.05, 0) is 67.9 Å². The van der Waals surface area contributed by atoms with Crippen LogP contribution >= 0.6 is 11.6 Å². The number of likely N-dealkylation sites (N-methyl/N-ethyl adjacent to an activating group) is 1. The van der Waals surface area contributed by atoms with Crippen LogP contribution in [0.4, 0.5) is 11.4 Å². The summed E-state index contributed by atoms with van der Waals surface area (Å²) in [5.74, 6) is 0.827. The third kappa shape index (κ3) is 5.96. The van der Waals surface area contributed by atoms with E-state index in [4.69, 9.17) is 21.1 Å². The van der Waals surface area contributed by atoms with Crippen LogP contribution in [0.2, 0.25) is 5.02 Å². The van der Waals surface area contributed by atoms with E-state index in [1.54, 1.807) is 25.3 Å². The second-order valence-electron chi connectivity index (χ2n) is 7.71. The van der Waals surface area contributed by atoms with Gasteiger partial charge in [0.05, 0.1) is 18.7 Å². The summed E-state index contributed by atoms with van der Waals surface area (Å²) in [6.45, 7) is 12.0. The van der Waals surface area contributed by atoms with Crippen LogP contribution in [0.1, 0.15) is 25.0 Å². The molecule has 0 atom stereocenters. The van der Waals surface area contributed by atoms with Gasteiger partial charge in [0.15, 0.2) is 11.5 Å². The van der Waals surface area contributed by atoms with Crippen molar-refractivity contribution in [3.8, 4) is 11.5 Å². The maximum atomic E-state index is 12.5. The molecule has 2 aromatic carbocycles. The molecule has 0 bridgehead atoms. The van der Waals surface area contributed by atoms with Crippen LogP contribution in [0.15, 0.2) is 36.4 Å². The van der Waals surface area contributed by atoms with Gasteiger partial charge in [0.2, 0.25) is 5.91 Å². The normalized spacial score (nSPS) is 14.6. The van der Waals surface area contributed by atoms with Crippen molar-refractivity contribution in [2.45, 2.75) is 20.8 Å². The average Bonchev–Trinajstić information content (AvgIpc) is 2.79. The van der Waals surface area contributed by atoms with Gasteiger partial charge in [-0.3, -0.25) is 4.79 Å². The molecule has 0 spiro atoms. The Bertz CT molecular complexity index is 969. The number of piperazine rings is 1. The van der Waals surface area contributed by atoms with E-state index < -0.39 is 0 Å². The van der Waals surface area contributed by atoms with Gasteiger partial charge in [-0.25, -0.2) is 0 Å². The highest BCUT2D eigenvalue weighted by atomic mass is 35.5. The van der Waals surface area contributed by atoms with Crippen molar-refractivity contribution in [2.75, 3.05) is 56.7 Å². The smallest absolute Gasteiger partial charge is 0.248 e. The number of amides is 1. The number of anilines is 2. The minimum atomic E-state index is -0.210. The molecule has 1 aliphatic heterocycles. The molecule has 0 radical (unpaired) electrons. The zero-order chi connectivity index (χ0) is 23.1. The van der Waals surface area contributed by atoms with Crippen LogP contribution in [0.25, 0.3) is 6.08 Å². The Morgan fingerprint density at radius 2 is 1.91 bits per heavy atom. The van der Waals surface area contributed by atoms with Crippen LogP contribution in [-0.4, -0.2) is 57.2 Å². The number of halogens is 1. The Hall–Kier alpha value is -2.70. The topological polar surface area (TPSA) is 54.0 Å². The molecule has 7 heteroatoms. The number of methoxy groups -OCH3 is 1. The molecule has 1 amide bonds.